The van der Waals surface area contributed by atoms with Gasteiger partial charge in [-0.1, -0.05) is 18.7 Å². The molecule has 1 N–H and O–H groups in total. The molecular formula is C21H16N5O6-. The first-order valence-electron chi connectivity index (χ1n) is 9.37. The quantitative estimate of drug-likeness (QED) is 0.488. The molecule has 0 saturated carbocycles. The molecule has 0 atom stereocenters. The molecule has 2 aliphatic rings. The lowest BCUT2D eigenvalue weighted by atomic mass is 9.93. The van der Waals surface area contributed by atoms with Crippen molar-refractivity contribution < 1.29 is 24.3 Å². The van der Waals surface area contributed by atoms with Crippen molar-refractivity contribution in [2.45, 2.75) is 13.3 Å². The fourth-order valence-electron chi connectivity index (χ4n) is 3.26. The van der Waals surface area contributed by atoms with Crippen LogP contribution in [0.1, 0.15) is 22.3 Å². The number of nitro benzene ring substituents is 1. The SMILES string of the molecule is Cc1cc(C2=NN=C(C(=O)O)Cc3cc4c(cc32)OCO4)ccc1[N+](=O)[O-].c1c[n-]cn1. The second-order valence-corrected chi connectivity index (χ2v) is 6.81. The number of ether oxygens (including phenoxy) is 2. The molecule has 0 unspecified atom stereocenters. The summed E-state index contributed by atoms with van der Waals surface area (Å²) >= 11 is 0. The molecule has 0 fully saturated rings. The molecule has 3 aromatic rings. The predicted molar refractivity (Wildman–Crippen MR) is 112 cm³/mol. The summed E-state index contributed by atoms with van der Waals surface area (Å²) in [6.07, 6.45) is 4.85. The van der Waals surface area contributed by atoms with Crippen LogP contribution in [0.4, 0.5) is 5.69 Å². The first kappa shape index (κ1) is 20.7. The summed E-state index contributed by atoms with van der Waals surface area (Å²) in [5.41, 5.74) is 2.68. The van der Waals surface area contributed by atoms with Crippen LogP contribution < -0.4 is 14.5 Å². The van der Waals surface area contributed by atoms with Gasteiger partial charge in [-0.2, -0.15) is 0 Å². The summed E-state index contributed by atoms with van der Waals surface area (Å²) in [6.45, 7) is 1.71. The largest absolute Gasteiger partial charge is 0.477 e. The van der Waals surface area contributed by atoms with Crippen LogP contribution in [0.3, 0.4) is 0 Å². The van der Waals surface area contributed by atoms with Crippen LogP contribution in [0.15, 0.2) is 59.3 Å². The molecule has 2 aliphatic heterocycles. The van der Waals surface area contributed by atoms with Crippen LogP contribution in [0.5, 0.6) is 11.5 Å². The van der Waals surface area contributed by atoms with Crippen LogP contribution in [-0.4, -0.2) is 39.2 Å². The second kappa shape index (κ2) is 8.68. The predicted octanol–water partition coefficient (Wildman–Crippen LogP) is 2.50. The van der Waals surface area contributed by atoms with E-state index in [2.05, 4.69) is 20.2 Å². The molecule has 32 heavy (non-hydrogen) atoms. The number of hydrogen-bond acceptors (Lipinski definition) is 8. The lowest BCUT2D eigenvalue weighted by molar-refractivity contribution is -0.385. The van der Waals surface area contributed by atoms with Crippen LogP contribution >= 0.6 is 0 Å². The highest BCUT2D eigenvalue weighted by Gasteiger charge is 2.26. The number of fused-ring (bicyclic) bond motifs is 2. The van der Waals surface area contributed by atoms with Gasteiger partial charge in [0.15, 0.2) is 17.2 Å². The smallest absolute Gasteiger partial charge is 0.352 e. The van der Waals surface area contributed by atoms with E-state index >= 15 is 0 Å². The molecule has 11 heteroatoms. The van der Waals surface area contributed by atoms with Crippen molar-refractivity contribution in [2.75, 3.05) is 6.79 Å². The molecule has 0 bridgehead atoms. The number of aliphatic carboxylic acids is 1. The van der Waals surface area contributed by atoms with E-state index in [4.69, 9.17) is 9.47 Å². The van der Waals surface area contributed by atoms with E-state index in [-0.39, 0.29) is 24.6 Å². The van der Waals surface area contributed by atoms with Gasteiger partial charge in [-0.15, -0.1) is 10.2 Å². The Hall–Kier alpha value is -4.54. The first-order chi connectivity index (χ1) is 15.4. The standard InChI is InChI=1S/C18H13N3O6.C3H3N2/c1-9-4-10(2-3-14(9)21(24)25)17-12-7-16-15(26-8-27-16)6-11(12)5-13(18(22)23)19-20-17;1-2-5-3-4-1/h2-4,6-7H,5,8H2,1H3,(H,22,23);1-3H/q;-1. The van der Waals surface area contributed by atoms with Gasteiger partial charge in [0.05, 0.1) is 4.92 Å². The van der Waals surface area contributed by atoms with Crippen molar-refractivity contribution in [3.8, 4) is 11.5 Å². The maximum absolute atomic E-state index is 11.4. The Balaban J connectivity index is 0.000000433. The number of aryl methyl sites for hydroxylation is 1. The Morgan fingerprint density at radius 1 is 1.19 bits per heavy atom. The molecule has 0 amide bonds. The molecule has 162 valence electrons. The summed E-state index contributed by atoms with van der Waals surface area (Å²) in [6, 6.07) is 8.04. The van der Waals surface area contributed by atoms with Gasteiger partial charge < -0.3 is 24.5 Å². The van der Waals surface area contributed by atoms with Crippen molar-refractivity contribution in [1.82, 2.24) is 9.97 Å². The number of nitrogens with zero attached hydrogens (tertiary/aromatic N) is 5. The van der Waals surface area contributed by atoms with E-state index in [9.17, 15) is 20.0 Å². The number of benzene rings is 2. The molecule has 0 spiro atoms. The van der Waals surface area contributed by atoms with Crippen molar-refractivity contribution in [2.24, 2.45) is 10.2 Å². The number of carboxylic acid groups (broad SMARTS) is 1. The number of aromatic nitrogens is 2. The lowest BCUT2D eigenvalue weighted by Crippen LogP contribution is -2.15. The maximum Gasteiger partial charge on any atom is 0.352 e. The minimum Gasteiger partial charge on any atom is -0.477 e. The van der Waals surface area contributed by atoms with Gasteiger partial charge >= 0.3 is 5.97 Å². The minimum atomic E-state index is -1.16. The highest BCUT2D eigenvalue weighted by atomic mass is 16.7. The van der Waals surface area contributed by atoms with Gasteiger partial charge in [0, 0.05) is 29.2 Å². The number of carboxylic acids is 1. The van der Waals surface area contributed by atoms with Crippen molar-refractivity contribution >= 4 is 23.1 Å². The minimum absolute atomic E-state index is 0.00592. The summed E-state index contributed by atoms with van der Waals surface area (Å²) in [4.78, 5) is 29.3. The van der Waals surface area contributed by atoms with Crippen LogP contribution in [0.2, 0.25) is 0 Å². The fourth-order valence-corrected chi connectivity index (χ4v) is 3.26. The van der Waals surface area contributed by atoms with Gasteiger partial charge in [0.1, 0.15) is 5.71 Å². The highest BCUT2D eigenvalue weighted by molar-refractivity contribution is 6.36. The lowest BCUT2D eigenvalue weighted by Gasteiger charge is -2.11. The summed E-state index contributed by atoms with van der Waals surface area (Å²) < 4.78 is 10.8. The zero-order valence-electron chi connectivity index (χ0n) is 16.8. The Labute approximate surface area is 181 Å². The summed E-state index contributed by atoms with van der Waals surface area (Å²) in [5, 5.41) is 28.4. The van der Waals surface area contributed by atoms with Crippen molar-refractivity contribution in [3.63, 3.8) is 0 Å². The highest BCUT2D eigenvalue weighted by Crippen LogP contribution is 2.37. The Kier molecular flexibility index (Phi) is 5.62. The third-order valence-electron chi connectivity index (χ3n) is 4.77. The fraction of sp³-hybridized carbons (Fsp3) is 0.143. The van der Waals surface area contributed by atoms with Crippen LogP contribution in [0.25, 0.3) is 0 Å². The van der Waals surface area contributed by atoms with E-state index in [1.54, 1.807) is 43.6 Å². The van der Waals surface area contributed by atoms with Crippen molar-refractivity contribution in [3.05, 3.63) is 81.4 Å². The second-order valence-electron chi connectivity index (χ2n) is 6.81. The van der Waals surface area contributed by atoms with Gasteiger partial charge in [-0.05, 0) is 36.8 Å². The first-order valence-corrected chi connectivity index (χ1v) is 9.37. The Morgan fingerprint density at radius 2 is 1.97 bits per heavy atom. The number of carbonyl (C=O) groups is 1. The molecule has 11 nitrogen and oxygen atoms in total. The molecule has 3 heterocycles. The van der Waals surface area contributed by atoms with E-state index in [0.717, 1.165) is 0 Å². The van der Waals surface area contributed by atoms with Gasteiger partial charge in [-0.25, -0.2) is 4.79 Å². The Morgan fingerprint density at radius 3 is 2.56 bits per heavy atom. The molecule has 0 radical (unpaired) electrons. The third-order valence-corrected chi connectivity index (χ3v) is 4.77. The van der Waals surface area contributed by atoms with E-state index < -0.39 is 10.9 Å². The molecule has 0 aliphatic carbocycles. The average Bonchev–Trinajstić information content (AvgIpc) is 3.44. The van der Waals surface area contributed by atoms with Gasteiger partial charge in [0.25, 0.3) is 5.69 Å². The number of hydrogen-bond donors (Lipinski definition) is 1. The molecule has 5 rings (SSSR count). The third kappa shape index (κ3) is 4.17. The number of nitro groups is 1. The number of imidazole rings is 1. The molecule has 0 saturated heterocycles. The van der Waals surface area contributed by atoms with E-state index in [0.29, 0.717) is 39.5 Å². The monoisotopic (exact) mass is 434 g/mol. The van der Waals surface area contributed by atoms with E-state index in [1.807, 2.05) is 0 Å². The number of rotatable bonds is 3. The summed E-state index contributed by atoms with van der Waals surface area (Å²) in [5.74, 6) is -0.109. The Bertz CT molecular complexity index is 1230. The topological polar surface area (TPSA) is 151 Å². The average molecular weight is 434 g/mol. The normalized spacial score (nSPS) is 13.7. The van der Waals surface area contributed by atoms with Gasteiger partial charge in [0.2, 0.25) is 6.79 Å². The molecular weight excluding hydrogens is 418 g/mol. The van der Waals surface area contributed by atoms with E-state index in [1.165, 1.54) is 12.4 Å². The van der Waals surface area contributed by atoms with Crippen LogP contribution in [0, 0.1) is 17.0 Å². The van der Waals surface area contributed by atoms with Gasteiger partial charge in [-0.3, -0.25) is 10.1 Å². The van der Waals surface area contributed by atoms with Crippen LogP contribution in [-0.2, 0) is 11.2 Å². The molecule has 2 aromatic carbocycles. The van der Waals surface area contributed by atoms with Crippen molar-refractivity contribution in [1.29, 1.82) is 0 Å². The maximum atomic E-state index is 11.4. The zero-order valence-corrected chi connectivity index (χ0v) is 16.8. The molecule has 1 aromatic heterocycles. The summed E-state index contributed by atoms with van der Waals surface area (Å²) in [7, 11) is 0. The zero-order chi connectivity index (χ0) is 22.7.